The molecule has 21 heavy (non-hydrogen) atoms. The van der Waals surface area contributed by atoms with Crippen LogP contribution in [0.4, 0.5) is 5.13 Å². The minimum atomic E-state index is -0.141. The van der Waals surface area contributed by atoms with E-state index in [1.807, 2.05) is 24.3 Å². The highest BCUT2D eigenvalue weighted by Crippen LogP contribution is 2.19. The van der Waals surface area contributed by atoms with Gasteiger partial charge in [0, 0.05) is 17.7 Å². The molecule has 1 aromatic carbocycles. The Morgan fingerprint density at radius 2 is 2.00 bits per heavy atom. The lowest BCUT2D eigenvalue weighted by atomic mass is 10.1. The molecule has 4 nitrogen and oxygen atoms in total. The highest BCUT2D eigenvalue weighted by molar-refractivity contribution is 7.97. The Balaban J connectivity index is 1.98. The molecule has 0 spiro atoms. The molecule has 0 aliphatic rings. The standard InChI is InChI=1S/C15H19N3OS2/c1-10(2)8-13-17-18-15(21-13)16-14(19)12-6-4-11(5-7-12)9-20-3/h4-7,10H,8-9H2,1-3H3,(H,16,18,19). The maximum Gasteiger partial charge on any atom is 0.257 e. The quantitative estimate of drug-likeness (QED) is 0.878. The number of nitrogens with zero attached hydrogens (tertiary/aromatic N) is 2. The van der Waals surface area contributed by atoms with Gasteiger partial charge in [-0.2, -0.15) is 11.8 Å². The van der Waals surface area contributed by atoms with E-state index < -0.39 is 0 Å². The number of hydrogen-bond acceptors (Lipinski definition) is 5. The lowest BCUT2D eigenvalue weighted by Crippen LogP contribution is -2.11. The smallest absolute Gasteiger partial charge is 0.257 e. The van der Waals surface area contributed by atoms with Gasteiger partial charge in [0.05, 0.1) is 0 Å². The van der Waals surface area contributed by atoms with Gasteiger partial charge < -0.3 is 0 Å². The van der Waals surface area contributed by atoms with E-state index in [1.54, 1.807) is 11.8 Å². The van der Waals surface area contributed by atoms with Gasteiger partial charge in [0.15, 0.2) is 0 Å². The number of carbonyl (C=O) groups excluding carboxylic acids is 1. The van der Waals surface area contributed by atoms with E-state index in [-0.39, 0.29) is 5.91 Å². The van der Waals surface area contributed by atoms with E-state index in [9.17, 15) is 4.79 Å². The fourth-order valence-electron chi connectivity index (χ4n) is 1.82. The normalized spacial score (nSPS) is 10.9. The molecule has 0 aliphatic heterocycles. The van der Waals surface area contributed by atoms with Gasteiger partial charge in [0.1, 0.15) is 5.01 Å². The average Bonchev–Trinajstić information content (AvgIpc) is 2.86. The highest BCUT2D eigenvalue weighted by atomic mass is 32.2. The minimum Gasteiger partial charge on any atom is -0.296 e. The predicted molar refractivity (Wildman–Crippen MR) is 90.1 cm³/mol. The molecule has 112 valence electrons. The molecular weight excluding hydrogens is 302 g/mol. The summed E-state index contributed by atoms with van der Waals surface area (Å²) in [5.74, 6) is 1.35. The molecule has 1 N–H and O–H groups in total. The lowest BCUT2D eigenvalue weighted by molar-refractivity contribution is 0.102. The average molecular weight is 321 g/mol. The van der Waals surface area contributed by atoms with Crippen molar-refractivity contribution in [2.24, 2.45) is 5.92 Å². The van der Waals surface area contributed by atoms with Gasteiger partial charge in [-0.05, 0) is 29.9 Å². The zero-order chi connectivity index (χ0) is 15.2. The Morgan fingerprint density at radius 1 is 1.29 bits per heavy atom. The zero-order valence-electron chi connectivity index (χ0n) is 12.4. The number of carbonyl (C=O) groups is 1. The van der Waals surface area contributed by atoms with Crippen molar-refractivity contribution < 1.29 is 4.79 Å². The van der Waals surface area contributed by atoms with Crippen molar-refractivity contribution in [1.29, 1.82) is 0 Å². The number of benzene rings is 1. The first kappa shape index (κ1) is 16.0. The van der Waals surface area contributed by atoms with Crippen LogP contribution in [0, 0.1) is 5.92 Å². The SMILES string of the molecule is CSCc1ccc(C(=O)Nc2nnc(CC(C)C)s2)cc1. The molecular formula is C15H19N3OS2. The first-order valence-electron chi connectivity index (χ1n) is 6.80. The van der Waals surface area contributed by atoms with Gasteiger partial charge in [-0.3, -0.25) is 10.1 Å². The summed E-state index contributed by atoms with van der Waals surface area (Å²) in [6.45, 7) is 4.27. The maximum absolute atomic E-state index is 12.1. The fraction of sp³-hybridized carbons (Fsp3) is 0.400. The van der Waals surface area contributed by atoms with Crippen molar-refractivity contribution in [3.8, 4) is 0 Å². The molecule has 2 rings (SSSR count). The molecule has 0 bridgehead atoms. The summed E-state index contributed by atoms with van der Waals surface area (Å²) in [6.07, 6.45) is 2.95. The van der Waals surface area contributed by atoms with Gasteiger partial charge in [0.25, 0.3) is 5.91 Å². The Labute approximate surface area is 133 Å². The van der Waals surface area contributed by atoms with E-state index >= 15 is 0 Å². The summed E-state index contributed by atoms with van der Waals surface area (Å²) in [7, 11) is 0. The van der Waals surface area contributed by atoms with Gasteiger partial charge in [-0.1, -0.05) is 37.3 Å². The second-order valence-corrected chi connectivity index (χ2v) is 7.11. The molecule has 2 aromatic rings. The minimum absolute atomic E-state index is 0.141. The molecule has 1 amide bonds. The summed E-state index contributed by atoms with van der Waals surface area (Å²) in [5.41, 5.74) is 1.86. The number of amides is 1. The van der Waals surface area contributed by atoms with Crippen LogP contribution in [-0.4, -0.2) is 22.4 Å². The van der Waals surface area contributed by atoms with Crippen molar-refractivity contribution in [2.45, 2.75) is 26.0 Å². The number of nitrogens with one attached hydrogen (secondary N) is 1. The van der Waals surface area contributed by atoms with Gasteiger partial charge in [-0.25, -0.2) is 0 Å². The molecule has 1 aromatic heterocycles. The van der Waals surface area contributed by atoms with Crippen molar-refractivity contribution >= 4 is 34.1 Å². The maximum atomic E-state index is 12.1. The summed E-state index contributed by atoms with van der Waals surface area (Å²) in [6, 6.07) is 7.65. The first-order valence-corrected chi connectivity index (χ1v) is 9.01. The van der Waals surface area contributed by atoms with Crippen molar-refractivity contribution in [3.63, 3.8) is 0 Å². The summed E-state index contributed by atoms with van der Waals surface area (Å²) < 4.78 is 0. The molecule has 0 saturated carbocycles. The number of aromatic nitrogens is 2. The van der Waals surface area contributed by atoms with E-state index in [1.165, 1.54) is 16.9 Å². The van der Waals surface area contributed by atoms with E-state index in [0.29, 0.717) is 16.6 Å². The molecule has 0 aliphatic carbocycles. The molecule has 0 fully saturated rings. The van der Waals surface area contributed by atoms with Crippen LogP contribution in [0.25, 0.3) is 0 Å². The van der Waals surface area contributed by atoms with Crippen LogP contribution in [0.5, 0.6) is 0 Å². The van der Waals surface area contributed by atoms with Crippen molar-refractivity contribution in [2.75, 3.05) is 11.6 Å². The third-order valence-electron chi connectivity index (χ3n) is 2.80. The van der Waals surface area contributed by atoms with Crippen LogP contribution in [0.3, 0.4) is 0 Å². The monoisotopic (exact) mass is 321 g/mol. The lowest BCUT2D eigenvalue weighted by Gasteiger charge is -2.03. The van der Waals surface area contributed by atoms with Gasteiger partial charge in [0.2, 0.25) is 5.13 Å². The Kier molecular flexibility index (Phi) is 5.76. The predicted octanol–water partition coefficient (Wildman–Crippen LogP) is 3.85. The first-order chi connectivity index (χ1) is 10.1. The zero-order valence-corrected chi connectivity index (χ0v) is 14.1. The van der Waals surface area contributed by atoms with Crippen LogP contribution in [0.1, 0.15) is 34.8 Å². The number of hydrogen-bond donors (Lipinski definition) is 1. The van der Waals surface area contributed by atoms with Gasteiger partial charge in [-0.15, -0.1) is 10.2 Å². The highest BCUT2D eigenvalue weighted by Gasteiger charge is 2.11. The third-order valence-corrected chi connectivity index (χ3v) is 4.28. The number of rotatable bonds is 6. The summed E-state index contributed by atoms with van der Waals surface area (Å²) >= 11 is 3.20. The van der Waals surface area contributed by atoms with E-state index in [0.717, 1.165) is 17.2 Å². The van der Waals surface area contributed by atoms with E-state index in [2.05, 4.69) is 35.6 Å². The van der Waals surface area contributed by atoms with Crippen LogP contribution in [0.2, 0.25) is 0 Å². The number of thioether (sulfide) groups is 1. The molecule has 0 radical (unpaired) electrons. The Morgan fingerprint density at radius 3 is 2.62 bits per heavy atom. The molecule has 0 atom stereocenters. The van der Waals surface area contributed by atoms with Crippen LogP contribution in [-0.2, 0) is 12.2 Å². The second kappa shape index (κ2) is 7.56. The Hall–Kier alpha value is -1.40. The van der Waals surface area contributed by atoms with Crippen molar-refractivity contribution in [3.05, 3.63) is 40.4 Å². The van der Waals surface area contributed by atoms with Crippen LogP contribution < -0.4 is 5.32 Å². The summed E-state index contributed by atoms with van der Waals surface area (Å²) in [4.78, 5) is 12.1. The largest absolute Gasteiger partial charge is 0.296 e. The second-order valence-electron chi connectivity index (χ2n) is 5.18. The molecule has 0 saturated heterocycles. The fourth-order valence-corrected chi connectivity index (χ4v) is 3.30. The van der Waals surface area contributed by atoms with Gasteiger partial charge >= 0.3 is 0 Å². The van der Waals surface area contributed by atoms with E-state index in [4.69, 9.17) is 0 Å². The molecule has 0 unspecified atom stereocenters. The molecule has 1 heterocycles. The van der Waals surface area contributed by atoms with Crippen LogP contribution in [0.15, 0.2) is 24.3 Å². The van der Waals surface area contributed by atoms with Crippen LogP contribution >= 0.6 is 23.1 Å². The topological polar surface area (TPSA) is 54.9 Å². The summed E-state index contributed by atoms with van der Waals surface area (Å²) in [5, 5.41) is 12.4. The Bertz CT molecular complexity index is 593. The van der Waals surface area contributed by atoms with Crippen molar-refractivity contribution in [1.82, 2.24) is 10.2 Å². The molecule has 6 heteroatoms. The third kappa shape index (κ3) is 4.82. The number of anilines is 1.